The molecule has 0 saturated carbocycles. The average molecular weight is 407 g/mol. The Morgan fingerprint density at radius 3 is 2.79 bits per heavy atom. The second kappa shape index (κ2) is 7.02. The second-order valence-corrected chi connectivity index (χ2v) is 7.64. The summed E-state index contributed by atoms with van der Waals surface area (Å²) in [6.07, 6.45) is 1.06. The van der Waals surface area contributed by atoms with E-state index in [1.54, 1.807) is 11.3 Å². The molecule has 2 aromatic rings. The van der Waals surface area contributed by atoms with Crippen molar-refractivity contribution < 1.29 is 0 Å². The van der Waals surface area contributed by atoms with Crippen molar-refractivity contribution in [3.05, 3.63) is 36.7 Å². The van der Waals surface area contributed by atoms with E-state index in [0.29, 0.717) is 0 Å². The van der Waals surface area contributed by atoms with Crippen LogP contribution in [0.1, 0.15) is 23.2 Å². The van der Waals surface area contributed by atoms with E-state index in [1.807, 2.05) is 11.6 Å². The number of halogens is 2. The normalized spacial score (nSPS) is 11.2. The highest BCUT2D eigenvalue weighted by molar-refractivity contribution is 9.11. The number of nitrogens with one attached hydrogen (secondary N) is 1. The number of thiophene rings is 1. The van der Waals surface area contributed by atoms with Crippen LogP contribution in [0.15, 0.2) is 20.4 Å². The van der Waals surface area contributed by atoms with Gasteiger partial charge in [-0.2, -0.15) is 5.10 Å². The fraction of sp³-hybridized carbons (Fsp3) is 0.462. The number of aryl methyl sites for hydroxylation is 2. The predicted molar refractivity (Wildman–Crippen MR) is 87.8 cm³/mol. The molecule has 19 heavy (non-hydrogen) atoms. The van der Waals surface area contributed by atoms with E-state index < -0.39 is 0 Å². The molecule has 0 bridgehead atoms. The molecular weight excluding hydrogens is 390 g/mol. The molecular formula is C13H17Br2N3S. The first-order valence-corrected chi connectivity index (χ1v) is 8.68. The molecule has 0 fully saturated rings. The van der Waals surface area contributed by atoms with Gasteiger partial charge >= 0.3 is 0 Å². The van der Waals surface area contributed by atoms with Gasteiger partial charge < -0.3 is 5.32 Å². The van der Waals surface area contributed by atoms with Crippen molar-refractivity contribution in [2.45, 2.75) is 33.4 Å². The van der Waals surface area contributed by atoms with E-state index >= 15 is 0 Å². The Morgan fingerprint density at radius 2 is 2.16 bits per heavy atom. The van der Waals surface area contributed by atoms with Crippen LogP contribution in [-0.2, 0) is 19.5 Å². The molecule has 6 heteroatoms. The van der Waals surface area contributed by atoms with Gasteiger partial charge in [-0.25, -0.2) is 0 Å². The monoisotopic (exact) mass is 405 g/mol. The molecule has 0 aromatic carbocycles. The zero-order valence-electron chi connectivity index (χ0n) is 11.0. The van der Waals surface area contributed by atoms with Crippen LogP contribution in [0.2, 0.25) is 0 Å². The van der Waals surface area contributed by atoms with Gasteiger partial charge in [-0.05, 0) is 64.3 Å². The summed E-state index contributed by atoms with van der Waals surface area (Å²) in [5, 5.41) is 7.98. The molecule has 2 aromatic heterocycles. The van der Waals surface area contributed by atoms with E-state index in [0.717, 1.165) is 36.2 Å². The maximum atomic E-state index is 4.49. The minimum atomic E-state index is 0.849. The average Bonchev–Trinajstić information content (AvgIpc) is 2.92. The number of rotatable bonds is 6. The van der Waals surface area contributed by atoms with Crippen LogP contribution >= 0.6 is 43.2 Å². The van der Waals surface area contributed by atoms with Crippen LogP contribution in [-0.4, -0.2) is 16.3 Å². The molecule has 0 aliphatic heterocycles. The molecule has 0 aliphatic rings. The summed E-state index contributed by atoms with van der Waals surface area (Å²) in [5.41, 5.74) is 2.29. The van der Waals surface area contributed by atoms with Gasteiger partial charge in [-0.3, -0.25) is 4.68 Å². The molecule has 0 spiro atoms. The molecule has 3 nitrogen and oxygen atoms in total. The molecule has 0 radical (unpaired) electrons. The summed E-state index contributed by atoms with van der Waals surface area (Å²) >= 11 is 8.90. The highest BCUT2D eigenvalue weighted by Gasteiger charge is 2.11. The third-order valence-corrected chi connectivity index (χ3v) is 5.64. The molecule has 104 valence electrons. The lowest BCUT2D eigenvalue weighted by Crippen LogP contribution is -2.19. The molecule has 2 rings (SSSR count). The lowest BCUT2D eigenvalue weighted by Gasteiger charge is -2.07. The van der Waals surface area contributed by atoms with Gasteiger partial charge in [0.25, 0.3) is 0 Å². The molecule has 0 saturated heterocycles. The Hall–Kier alpha value is -0.170. The van der Waals surface area contributed by atoms with E-state index in [2.05, 4.69) is 61.3 Å². The van der Waals surface area contributed by atoms with E-state index in [-0.39, 0.29) is 0 Å². The van der Waals surface area contributed by atoms with E-state index in [1.165, 1.54) is 14.4 Å². The van der Waals surface area contributed by atoms with Crippen molar-refractivity contribution in [2.24, 2.45) is 0 Å². The van der Waals surface area contributed by atoms with Crippen LogP contribution in [0.25, 0.3) is 0 Å². The van der Waals surface area contributed by atoms with Gasteiger partial charge in [0.2, 0.25) is 0 Å². The third kappa shape index (κ3) is 3.90. The van der Waals surface area contributed by atoms with Crippen molar-refractivity contribution in [3.63, 3.8) is 0 Å². The topological polar surface area (TPSA) is 29.9 Å². The SMILES string of the molecule is CCn1nc(C)c(Br)c1CNCCc1ccc(Br)s1. The van der Waals surface area contributed by atoms with Crippen LogP contribution in [0.4, 0.5) is 0 Å². The largest absolute Gasteiger partial charge is 0.311 e. The van der Waals surface area contributed by atoms with Gasteiger partial charge in [0, 0.05) is 24.5 Å². The second-order valence-electron chi connectivity index (χ2n) is 4.29. The summed E-state index contributed by atoms with van der Waals surface area (Å²) < 4.78 is 4.37. The summed E-state index contributed by atoms with van der Waals surface area (Å²) in [4.78, 5) is 1.40. The van der Waals surface area contributed by atoms with Crippen molar-refractivity contribution in [1.82, 2.24) is 15.1 Å². The minimum Gasteiger partial charge on any atom is -0.311 e. The maximum absolute atomic E-state index is 4.49. The highest BCUT2D eigenvalue weighted by Crippen LogP contribution is 2.22. The lowest BCUT2D eigenvalue weighted by atomic mass is 10.3. The third-order valence-electron chi connectivity index (χ3n) is 2.92. The quantitative estimate of drug-likeness (QED) is 0.730. The molecule has 0 atom stereocenters. The van der Waals surface area contributed by atoms with Crippen molar-refractivity contribution in [2.75, 3.05) is 6.54 Å². The Balaban J connectivity index is 1.85. The first kappa shape index (κ1) is 15.2. The maximum Gasteiger partial charge on any atom is 0.0739 e. The van der Waals surface area contributed by atoms with E-state index in [4.69, 9.17) is 0 Å². The van der Waals surface area contributed by atoms with Crippen LogP contribution in [0.3, 0.4) is 0 Å². The summed E-state index contributed by atoms with van der Waals surface area (Å²) in [7, 11) is 0. The molecule has 1 N–H and O–H groups in total. The smallest absolute Gasteiger partial charge is 0.0739 e. The van der Waals surface area contributed by atoms with Gasteiger partial charge in [0.05, 0.1) is 19.6 Å². The fourth-order valence-electron chi connectivity index (χ4n) is 1.94. The summed E-state index contributed by atoms with van der Waals surface area (Å²) in [5.74, 6) is 0. The van der Waals surface area contributed by atoms with Crippen LogP contribution in [0, 0.1) is 6.92 Å². The van der Waals surface area contributed by atoms with Crippen LogP contribution in [0.5, 0.6) is 0 Å². The zero-order chi connectivity index (χ0) is 13.8. The standard InChI is InChI=1S/C13H17Br2N3S/c1-3-18-11(13(15)9(2)17-18)8-16-7-6-10-4-5-12(14)19-10/h4-5,16H,3,6-8H2,1-2H3. The first-order chi connectivity index (χ1) is 9.11. The van der Waals surface area contributed by atoms with Crippen LogP contribution < -0.4 is 5.32 Å². The summed E-state index contributed by atoms with van der Waals surface area (Å²) in [6.45, 7) is 6.88. The summed E-state index contributed by atoms with van der Waals surface area (Å²) in [6, 6.07) is 4.28. The minimum absolute atomic E-state index is 0.849. The van der Waals surface area contributed by atoms with Gasteiger partial charge in [0.15, 0.2) is 0 Å². The Kier molecular flexibility index (Phi) is 5.62. The highest BCUT2D eigenvalue weighted by atomic mass is 79.9. The van der Waals surface area contributed by atoms with Crippen molar-refractivity contribution in [3.8, 4) is 0 Å². The molecule has 0 unspecified atom stereocenters. The number of hydrogen-bond acceptors (Lipinski definition) is 3. The Bertz CT molecular complexity index is 548. The first-order valence-electron chi connectivity index (χ1n) is 6.28. The van der Waals surface area contributed by atoms with Crippen molar-refractivity contribution >= 4 is 43.2 Å². The Morgan fingerprint density at radius 1 is 1.37 bits per heavy atom. The van der Waals surface area contributed by atoms with Gasteiger partial charge in [0.1, 0.15) is 0 Å². The number of aromatic nitrogens is 2. The van der Waals surface area contributed by atoms with Gasteiger partial charge in [-0.1, -0.05) is 0 Å². The predicted octanol–water partition coefficient (Wildman–Crippen LogP) is 4.13. The molecule has 2 heterocycles. The fourth-order valence-corrected chi connectivity index (χ4v) is 3.85. The number of hydrogen-bond donors (Lipinski definition) is 1. The van der Waals surface area contributed by atoms with Crippen molar-refractivity contribution in [1.29, 1.82) is 0 Å². The Labute approximate surface area is 134 Å². The zero-order valence-corrected chi connectivity index (χ0v) is 15.0. The molecule has 0 amide bonds. The van der Waals surface area contributed by atoms with E-state index in [9.17, 15) is 0 Å². The number of nitrogens with zero attached hydrogens (tertiary/aromatic N) is 2. The molecule has 0 aliphatic carbocycles. The lowest BCUT2D eigenvalue weighted by molar-refractivity contribution is 0.579. The van der Waals surface area contributed by atoms with Gasteiger partial charge in [-0.15, -0.1) is 11.3 Å².